The van der Waals surface area contributed by atoms with Crippen LogP contribution in [0, 0.1) is 0 Å². The fourth-order valence-corrected chi connectivity index (χ4v) is 3.97. The molecule has 1 aliphatic rings. The summed E-state index contributed by atoms with van der Waals surface area (Å²) in [6.07, 6.45) is -1.70. The Morgan fingerprint density at radius 2 is 2.17 bits per heavy atom. The molecule has 0 aromatic heterocycles. The molecule has 1 aliphatic heterocycles. The summed E-state index contributed by atoms with van der Waals surface area (Å²) in [4.78, 5) is 0. The summed E-state index contributed by atoms with van der Waals surface area (Å²) in [6.45, 7) is 0.282. The average Bonchev–Trinajstić information content (AvgIpc) is 2.54. The number of rotatable bonds is 3. The number of sulfone groups is 1. The number of aliphatic hydroxyl groups is 1. The predicted octanol–water partition coefficient (Wildman–Crippen LogP) is 0.444. The lowest BCUT2D eigenvalue weighted by molar-refractivity contribution is 0.0731. The molecule has 2 unspecified atom stereocenters. The normalized spacial score (nSPS) is 26.2. The Hall–Kier alpha value is -0.630. The molecular formula is C11H14BrNO4S. The van der Waals surface area contributed by atoms with E-state index in [0.29, 0.717) is 5.75 Å². The van der Waals surface area contributed by atoms with E-state index in [-0.39, 0.29) is 18.1 Å². The van der Waals surface area contributed by atoms with E-state index >= 15 is 0 Å². The number of nitrogens with two attached hydrogens (primary N) is 1. The van der Waals surface area contributed by atoms with Crippen LogP contribution in [0.15, 0.2) is 22.7 Å². The molecule has 5 nitrogen and oxygen atoms in total. The van der Waals surface area contributed by atoms with Gasteiger partial charge in [0.25, 0.3) is 0 Å². The molecular weight excluding hydrogens is 322 g/mol. The highest BCUT2D eigenvalue weighted by Gasteiger charge is 2.38. The van der Waals surface area contributed by atoms with Crippen LogP contribution in [0.5, 0.6) is 5.75 Å². The monoisotopic (exact) mass is 335 g/mol. The van der Waals surface area contributed by atoms with E-state index in [2.05, 4.69) is 15.9 Å². The van der Waals surface area contributed by atoms with Crippen LogP contribution in [0.3, 0.4) is 0 Å². The van der Waals surface area contributed by atoms with E-state index < -0.39 is 22.0 Å². The van der Waals surface area contributed by atoms with Crippen LogP contribution >= 0.6 is 15.9 Å². The lowest BCUT2D eigenvalue weighted by Gasteiger charge is -2.18. The van der Waals surface area contributed by atoms with Crippen LogP contribution in [0.2, 0.25) is 0 Å². The van der Waals surface area contributed by atoms with Crippen LogP contribution in [-0.2, 0) is 16.4 Å². The second-order valence-electron chi connectivity index (χ2n) is 4.26. The van der Waals surface area contributed by atoms with Gasteiger partial charge in [0.1, 0.15) is 18.0 Å². The summed E-state index contributed by atoms with van der Waals surface area (Å²) >= 11 is 3.32. The summed E-state index contributed by atoms with van der Waals surface area (Å²) < 4.78 is 29.2. The average molecular weight is 336 g/mol. The van der Waals surface area contributed by atoms with E-state index in [1.54, 1.807) is 12.1 Å². The maximum Gasteiger partial charge on any atom is 0.156 e. The van der Waals surface area contributed by atoms with Crippen molar-refractivity contribution in [2.75, 3.05) is 11.5 Å². The highest BCUT2D eigenvalue weighted by atomic mass is 79.9. The van der Waals surface area contributed by atoms with Gasteiger partial charge in [-0.25, -0.2) is 8.42 Å². The van der Waals surface area contributed by atoms with Crippen molar-refractivity contribution >= 4 is 25.8 Å². The largest absolute Gasteiger partial charge is 0.486 e. The van der Waals surface area contributed by atoms with Gasteiger partial charge in [-0.1, -0.05) is 15.9 Å². The van der Waals surface area contributed by atoms with E-state index in [1.807, 2.05) is 6.07 Å². The Kier molecular flexibility index (Phi) is 3.96. The highest BCUT2D eigenvalue weighted by molar-refractivity contribution is 9.10. The van der Waals surface area contributed by atoms with Crippen molar-refractivity contribution in [3.05, 3.63) is 28.2 Å². The van der Waals surface area contributed by atoms with E-state index in [1.165, 1.54) is 0 Å². The first kappa shape index (κ1) is 13.8. The number of halogens is 1. The zero-order valence-corrected chi connectivity index (χ0v) is 11.9. The number of ether oxygens (including phenoxy) is 1. The first-order chi connectivity index (χ1) is 8.41. The van der Waals surface area contributed by atoms with Gasteiger partial charge in [0.05, 0.1) is 11.5 Å². The summed E-state index contributed by atoms with van der Waals surface area (Å²) in [5.41, 5.74) is 6.36. The predicted molar refractivity (Wildman–Crippen MR) is 71.1 cm³/mol. The Labute approximate surface area is 114 Å². The third-order valence-electron chi connectivity index (χ3n) is 2.79. The minimum absolute atomic E-state index is 0.158. The van der Waals surface area contributed by atoms with Crippen molar-refractivity contribution in [1.29, 1.82) is 0 Å². The van der Waals surface area contributed by atoms with Gasteiger partial charge in [0, 0.05) is 16.6 Å². The molecule has 0 aliphatic carbocycles. The first-order valence-corrected chi connectivity index (χ1v) is 8.06. The molecule has 2 rings (SSSR count). The summed E-state index contributed by atoms with van der Waals surface area (Å²) in [6, 6.07) is 5.30. The van der Waals surface area contributed by atoms with E-state index in [9.17, 15) is 13.5 Å². The summed E-state index contributed by atoms with van der Waals surface area (Å²) in [5.74, 6) is 0.113. The number of hydrogen-bond donors (Lipinski definition) is 2. The van der Waals surface area contributed by atoms with Gasteiger partial charge in [-0.15, -0.1) is 0 Å². The molecule has 0 radical (unpaired) electrons. The van der Waals surface area contributed by atoms with Gasteiger partial charge in [-0.05, 0) is 18.2 Å². The van der Waals surface area contributed by atoms with Gasteiger partial charge in [-0.3, -0.25) is 0 Å². The fraction of sp³-hybridized carbons (Fsp3) is 0.455. The fourth-order valence-electron chi connectivity index (χ4n) is 1.90. The van der Waals surface area contributed by atoms with Gasteiger partial charge >= 0.3 is 0 Å². The molecule has 0 spiro atoms. The molecule has 1 fully saturated rings. The molecule has 1 aromatic carbocycles. The molecule has 7 heteroatoms. The maximum atomic E-state index is 11.4. The molecule has 1 saturated heterocycles. The highest BCUT2D eigenvalue weighted by Crippen LogP contribution is 2.26. The molecule has 0 amide bonds. The smallest absolute Gasteiger partial charge is 0.156 e. The van der Waals surface area contributed by atoms with Crippen LogP contribution < -0.4 is 10.5 Å². The first-order valence-electron chi connectivity index (χ1n) is 5.45. The van der Waals surface area contributed by atoms with Gasteiger partial charge in [0.15, 0.2) is 9.84 Å². The number of benzene rings is 1. The standard InChI is InChI=1S/C11H14BrNO4S/c12-8-1-2-10(7(3-8)4-13)17-11-6-18(15,16)5-9(11)14/h1-3,9,11,14H,4-6,13H2. The maximum absolute atomic E-state index is 11.4. The van der Waals surface area contributed by atoms with Crippen molar-refractivity contribution < 1.29 is 18.3 Å². The van der Waals surface area contributed by atoms with E-state index in [0.717, 1.165) is 10.0 Å². The molecule has 18 heavy (non-hydrogen) atoms. The topological polar surface area (TPSA) is 89.6 Å². The quantitative estimate of drug-likeness (QED) is 0.836. The minimum atomic E-state index is -3.21. The van der Waals surface area contributed by atoms with Crippen LogP contribution in [0.1, 0.15) is 5.56 Å². The van der Waals surface area contributed by atoms with Crippen molar-refractivity contribution in [3.63, 3.8) is 0 Å². The molecule has 2 atom stereocenters. The Balaban J connectivity index is 2.20. The SMILES string of the molecule is NCc1cc(Br)ccc1OC1CS(=O)(=O)CC1O. The second kappa shape index (κ2) is 5.16. The van der Waals surface area contributed by atoms with E-state index in [4.69, 9.17) is 10.5 Å². The van der Waals surface area contributed by atoms with Crippen LogP contribution in [-0.4, -0.2) is 37.2 Å². The van der Waals surface area contributed by atoms with Gasteiger partial charge in [-0.2, -0.15) is 0 Å². The summed E-state index contributed by atoms with van der Waals surface area (Å²) in [7, 11) is -3.21. The Bertz CT molecular complexity index is 546. The van der Waals surface area contributed by atoms with Crippen molar-refractivity contribution in [2.45, 2.75) is 18.8 Å². The van der Waals surface area contributed by atoms with Gasteiger partial charge < -0.3 is 15.6 Å². The second-order valence-corrected chi connectivity index (χ2v) is 7.33. The summed E-state index contributed by atoms with van der Waals surface area (Å²) in [5, 5.41) is 9.66. The number of hydrogen-bond acceptors (Lipinski definition) is 5. The third-order valence-corrected chi connectivity index (χ3v) is 4.97. The van der Waals surface area contributed by atoms with Gasteiger partial charge in [0.2, 0.25) is 0 Å². The molecule has 1 aromatic rings. The molecule has 3 N–H and O–H groups in total. The molecule has 0 saturated carbocycles. The molecule has 1 heterocycles. The van der Waals surface area contributed by atoms with Crippen LogP contribution in [0.4, 0.5) is 0 Å². The Morgan fingerprint density at radius 3 is 2.72 bits per heavy atom. The minimum Gasteiger partial charge on any atom is -0.486 e. The number of aliphatic hydroxyl groups excluding tert-OH is 1. The lowest BCUT2D eigenvalue weighted by Crippen LogP contribution is -2.30. The van der Waals surface area contributed by atoms with Crippen molar-refractivity contribution in [3.8, 4) is 5.75 Å². The zero-order valence-electron chi connectivity index (χ0n) is 9.54. The van der Waals surface area contributed by atoms with Crippen molar-refractivity contribution in [2.24, 2.45) is 5.73 Å². The van der Waals surface area contributed by atoms with Crippen molar-refractivity contribution in [1.82, 2.24) is 0 Å². The Morgan fingerprint density at radius 1 is 1.44 bits per heavy atom. The zero-order chi connectivity index (χ0) is 13.3. The molecule has 100 valence electrons. The van der Waals surface area contributed by atoms with Crippen LogP contribution in [0.25, 0.3) is 0 Å². The molecule has 0 bridgehead atoms. The third kappa shape index (κ3) is 3.03. The lowest BCUT2D eigenvalue weighted by atomic mass is 10.2.